The summed E-state index contributed by atoms with van der Waals surface area (Å²) in [6.45, 7) is 4.47. The van der Waals surface area contributed by atoms with E-state index in [1.54, 1.807) is 12.1 Å². The van der Waals surface area contributed by atoms with E-state index in [2.05, 4.69) is 11.1 Å². The third-order valence-electron chi connectivity index (χ3n) is 3.94. The SMILES string of the molecule is CCCC1(C(=O)O)CCCN1c1nc(C)ccc1C#N. The smallest absolute Gasteiger partial charge is 0.329 e. The molecule has 1 atom stereocenters. The molecule has 2 heterocycles. The van der Waals surface area contributed by atoms with E-state index in [1.807, 2.05) is 18.7 Å². The molecule has 1 aliphatic rings. The molecule has 0 bridgehead atoms. The van der Waals surface area contributed by atoms with Gasteiger partial charge in [-0.05, 0) is 38.3 Å². The van der Waals surface area contributed by atoms with Crippen LogP contribution in [-0.2, 0) is 4.79 Å². The van der Waals surface area contributed by atoms with Gasteiger partial charge in [-0.2, -0.15) is 5.26 Å². The minimum absolute atomic E-state index is 0.444. The first-order valence-corrected chi connectivity index (χ1v) is 6.94. The summed E-state index contributed by atoms with van der Waals surface area (Å²) in [5, 5.41) is 19.0. The van der Waals surface area contributed by atoms with Crippen molar-refractivity contribution in [3.05, 3.63) is 23.4 Å². The summed E-state index contributed by atoms with van der Waals surface area (Å²) in [5.41, 5.74) is 0.321. The van der Waals surface area contributed by atoms with Gasteiger partial charge in [0.2, 0.25) is 0 Å². The molecule has 0 aliphatic carbocycles. The number of aliphatic carboxylic acids is 1. The molecule has 1 saturated heterocycles. The van der Waals surface area contributed by atoms with Crippen LogP contribution in [0, 0.1) is 18.3 Å². The van der Waals surface area contributed by atoms with Crippen LogP contribution in [0.4, 0.5) is 5.82 Å². The van der Waals surface area contributed by atoms with E-state index in [0.29, 0.717) is 30.8 Å². The monoisotopic (exact) mass is 273 g/mol. The first kappa shape index (κ1) is 14.3. The van der Waals surface area contributed by atoms with Crippen LogP contribution >= 0.6 is 0 Å². The maximum absolute atomic E-state index is 11.8. The van der Waals surface area contributed by atoms with Gasteiger partial charge < -0.3 is 10.0 Å². The van der Waals surface area contributed by atoms with E-state index in [4.69, 9.17) is 0 Å². The lowest BCUT2D eigenvalue weighted by Gasteiger charge is -2.36. The molecular formula is C15H19N3O2. The number of pyridine rings is 1. The lowest BCUT2D eigenvalue weighted by atomic mass is 9.90. The zero-order valence-electron chi connectivity index (χ0n) is 11.9. The van der Waals surface area contributed by atoms with Crippen molar-refractivity contribution in [2.24, 2.45) is 0 Å². The Bertz CT molecular complexity index is 565. The summed E-state index contributed by atoms with van der Waals surface area (Å²) in [5.74, 6) is -0.301. The minimum Gasteiger partial charge on any atom is -0.479 e. The van der Waals surface area contributed by atoms with Crippen molar-refractivity contribution >= 4 is 11.8 Å². The van der Waals surface area contributed by atoms with E-state index < -0.39 is 11.5 Å². The maximum atomic E-state index is 11.8. The standard InChI is InChI=1S/C15H19N3O2/c1-3-7-15(14(19)20)8-4-9-18(15)13-12(10-16)6-5-11(2)17-13/h5-6H,3-4,7-9H2,1-2H3,(H,19,20). The third-order valence-corrected chi connectivity index (χ3v) is 3.94. The number of aromatic nitrogens is 1. The Labute approximate surface area is 118 Å². The minimum atomic E-state index is -0.916. The molecule has 0 aromatic carbocycles. The first-order valence-electron chi connectivity index (χ1n) is 6.94. The fourth-order valence-corrected chi connectivity index (χ4v) is 3.03. The fourth-order valence-electron chi connectivity index (χ4n) is 3.03. The Hall–Kier alpha value is -2.09. The number of hydrogen-bond acceptors (Lipinski definition) is 4. The van der Waals surface area contributed by atoms with Gasteiger partial charge in [0.05, 0.1) is 5.56 Å². The summed E-state index contributed by atoms with van der Waals surface area (Å²) in [6.07, 6.45) is 2.78. The zero-order chi connectivity index (χ0) is 14.8. The lowest BCUT2D eigenvalue weighted by molar-refractivity contribution is -0.143. The number of anilines is 1. The summed E-state index contributed by atoms with van der Waals surface area (Å²) < 4.78 is 0. The Balaban J connectivity index is 2.53. The van der Waals surface area contributed by atoms with Crippen molar-refractivity contribution < 1.29 is 9.90 Å². The molecule has 1 N–H and O–H groups in total. The first-order chi connectivity index (χ1) is 9.55. The molecule has 1 aliphatic heterocycles. The molecule has 20 heavy (non-hydrogen) atoms. The molecule has 0 amide bonds. The van der Waals surface area contributed by atoms with Crippen molar-refractivity contribution in [3.8, 4) is 6.07 Å². The number of carbonyl (C=O) groups is 1. The van der Waals surface area contributed by atoms with Gasteiger partial charge in [-0.15, -0.1) is 0 Å². The fraction of sp³-hybridized carbons (Fsp3) is 0.533. The van der Waals surface area contributed by atoms with Crippen LogP contribution in [0.15, 0.2) is 12.1 Å². The Morgan fingerprint density at radius 1 is 1.60 bits per heavy atom. The molecule has 1 aromatic heterocycles. The van der Waals surface area contributed by atoms with Gasteiger partial charge in [0.1, 0.15) is 17.4 Å². The van der Waals surface area contributed by atoms with Crippen molar-refractivity contribution in [1.29, 1.82) is 5.26 Å². The molecule has 5 heteroatoms. The highest BCUT2D eigenvalue weighted by Gasteiger charge is 2.48. The van der Waals surface area contributed by atoms with Crippen LogP contribution in [0.3, 0.4) is 0 Å². The molecule has 106 valence electrons. The Morgan fingerprint density at radius 3 is 2.95 bits per heavy atom. The number of carboxylic acid groups (broad SMARTS) is 1. The normalized spacial score (nSPS) is 21.8. The van der Waals surface area contributed by atoms with Gasteiger partial charge in [-0.25, -0.2) is 9.78 Å². The van der Waals surface area contributed by atoms with E-state index >= 15 is 0 Å². The van der Waals surface area contributed by atoms with Crippen molar-refractivity contribution in [2.75, 3.05) is 11.4 Å². The lowest BCUT2D eigenvalue weighted by Crippen LogP contribution is -2.51. The predicted octanol–water partition coefficient (Wildman–Crippen LogP) is 2.49. The number of nitriles is 1. The zero-order valence-corrected chi connectivity index (χ0v) is 11.9. The molecule has 0 spiro atoms. The van der Waals surface area contributed by atoms with E-state index in [0.717, 1.165) is 18.5 Å². The number of aryl methyl sites for hydroxylation is 1. The molecular weight excluding hydrogens is 254 g/mol. The summed E-state index contributed by atoms with van der Waals surface area (Å²) >= 11 is 0. The van der Waals surface area contributed by atoms with Crippen molar-refractivity contribution in [1.82, 2.24) is 4.98 Å². The molecule has 0 saturated carbocycles. The Morgan fingerprint density at radius 2 is 2.35 bits per heavy atom. The van der Waals surface area contributed by atoms with Gasteiger partial charge in [0.25, 0.3) is 0 Å². The molecule has 0 radical (unpaired) electrons. The molecule has 1 fully saturated rings. The van der Waals surface area contributed by atoms with Crippen LogP contribution in [-0.4, -0.2) is 28.1 Å². The molecule has 2 rings (SSSR count). The average molecular weight is 273 g/mol. The third kappa shape index (κ3) is 2.22. The molecule has 5 nitrogen and oxygen atoms in total. The highest BCUT2D eigenvalue weighted by molar-refractivity contribution is 5.84. The van der Waals surface area contributed by atoms with E-state index in [9.17, 15) is 15.2 Å². The van der Waals surface area contributed by atoms with Crippen molar-refractivity contribution in [3.63, 3.8) is 0 Å². The van der Waals surface area contributed by atoms with Crippen LogP contribution in [0.1, 0.15) is 43.9 Å². The average Bonchev–Trinajstić information content (AvgIpc) is 2.84. The van der Waals surface area contributed by atoms with E-state index in [1.165, 1.54) is 0 Å². The van der Waals surface area contributed by atoms with Gasteiger partial charge in [0, 0.05) is 12.2 Å². The quantitative estimate of drug-likeness (QED) is 0.912. The second kappa shape index (κ2) is 5.49. The summed E-state index contributed by atoms with van der Waals surface area (Å²) in [7, 11) is 0. The summed E-state index contributed by atoms with van der Waals surface area (Å²) in [4.78, 5) is 18.1. The molecule has 1 aromatic rings. The van der Waals surface area contributed by atoms with Crippen LogP contribution in [0.5, 0.6) is 0 Å². The number of rotatable bonds is 4. The van der Waals surface area contributed by atoms with Gasteiger partial charge in [-0.3, -0.25) is 0 Å². The van der Waals surface area contributed by atoms with Crippen LogP contribution < -0.4 is 4.90 Å². The number of nitrogens with zero attached hydrogens (tertiary/aromatic N) is 3. The van der Waals surface area contributed by atoms with Crippen LogP contribution in [0.25, 0.3) is 0 Å². The second-order valence-corrected chi connectivity index (χ2v) is 5.28. The molecule has 1 unspecified atom stereocenters. The highest BCUT2D eigenvalue weighted by Crippen LogP contribution is 2.38. The highest BCUT2D eigenvalue weighted by atomic mass is 16.4. The topological polar surface area (TPSA) is 77.2 Å². The summed E-state index contributed by atoms with van der Waals surface area (Å²) in [6, 6.07) is 5.62. The Kier molecular flexibility index (Phi) is 3.93. The van der Waals surface area contributed by atoms with Crippen LogP contribution in [0.2, 0.25) is 0 Å². The number of carboxylic acids is 1. The largest absolute Gasteiger partial charge is 0.479 e. The van der Waals surface area contributed by atoms with Crippen molar-refractivity contribution in [2.45, 2.75) is 45.1 Å². The van der Waals surface area contributed by atoms with Gasteiger partial charge in [-0.1, -0.05) is 13.3 Å². The van der Waals surface area contributed by atoms with E-state index in [-0.39, 0.29) is 0 Å². The predicted molar refractivity (Wildman–Crippen MR) is 75.5 cm³/mol. The van der Waals surface area contributed by atoms with Gasteiger partial charge >= 0.3 is 5.97 Å². The number of hydrogen-bond donors (Lipinski definition) is 1. The van der Waals surface area contributed by atoms with Gasteiger partial charge in [0.15, 0.2) is 0 Å². The maximum Gasteiger partial charge on any atom is 0.329 e. The second-order valence-electron chi connectivity index (χ2n) is 5.28.